The highest BCUT2D eigenvalue weighted by Gasteiger charge is 2.19. The summed E-state index contributed by atoms with van der Waals surface area (Å²) in [6.45, 7) is 2.76. The van der Waals surface area contributed by atoms with Gasteiger partial charge in [0.1, 0.15) is 6.04 Å². The lowest BCUT2D eigenvalue weighted by atomic mass is 9.94. The number of nitrogens with one attached hydrogen (secondary N) is 2. The second kappa shape index (κ2) is 7.47. The van der Waals surface area contributed by atoms with E-state index in [0.717, 1.165) is 0 Å². The van der Waals surface area contributed by atoms with E-state index < -0.39 is 12.0 Å². The van der Waals surface area contributed by atoms with Gasteiger partial charge in [0.05, 0.1) is 6.04 Å². The summed E-state index contributed by atoms with van der Waals surface area (Å²) in [6.07, 6.45) is 8.61. The Balaban J connectivity index is 2.43. The van der Waals surface area contributed by atoms with Crippen LogP contribution in [-0.2, 0) is 14.4 Å². The molecule has 0 fully saturated rings. The molecular weight excluding hydrogens is 260 g/mol. The molecule has 20 heavy (non-hydrogen) atoms. The fourth-order valence-corrected chi connectivity index (χ4v) is 2.04. The molecule has 6 heteroatoms. The summed E-state index contributed by atoms with van der Waals surface area (Å²) in [5, 5.41) is 14.2. The van der Waals surface area contributed by atoms with Crippen molar-refractivity contribution in [3.63, 3.8) is 0 Å². The molecule has 0 heterocycles. The maximum Gasteiger partial charge on any atom is 0.326 e. The lowest BCUT2D eigenvalue weighted by molar-refractivity contribution is -0.141. The van der Waals surface area contributed by atoms with Gasteiger partial charge in [-0.15, -0.1) is 0 Å². The average Bonchev–Trinajstić information content (AvgIpc) is 2.34. The van der Waals surface area contributed by atoms with Gasteiger partial charge < -0.3 is 15.7 Å². The summed E-state index contributed by atoms with van der Waals surface area (Å²) in [6, 6.07) is -0.961. The number of hydrogen-bond donors (Lipinski definition) is 3. The summed E-state index contributed by atoms with van der Waals surface area (Å²) >= 11 is 0. The SMILES string of the molecule is CC(=O)NC1C=CC(CC[C@H](NC(C)=O)C(=O)O)C=C1. The second-order valence-corrected chi connectivity index (χ2v) is 4.83. The molecule has 110 valence electrons. The first-order valence-corrected chi connectivity index (χ1v) is 6.52. The van der Waals surface area contributed by atoms with Crippen molar-refractivity contribution in [3.8, 4) is 0 Å². The summed E-state index contributed by atoms with van der Waals surface area (Å²) in [5.41, 5.74) is 0. The number of aliphatic carboxylic acids is 1. The van der Waals surface area contributed by atoms with E-state index in [1.807, 2.05) is 24.3 Å². The molecule has 0 bridgehead atoms. The summed E-state index contributed by atoms with van der Waals surface area (Å²) in [7, 11) is 0. The quantitative estimate of drug-likeness (QED) is 0.621. The molecule has 1 aliphatic carbocycles. The molecule has 0 aromatic rings. The van der Waals surface area contributed by atoms with E-state index >= 15 is 0 Å². The normalized spacial score (nSPS) is 22.1. The third-order valence-electron chi connectivity index (χ3n) is 2.97. The number of carboxylic acid groups (broad SMARTS) is 1. The van der Waals surface area contributed by atoms with Gasteiger partial charge in [0.2, 0.25) is 11.8 Å². The van der Waals surface area contributed by atoms with Crippen LogP contribution >= 0.6 is 0 Å². The minimum absolute atomic E-state index is 0.0978. The first-order valence-electron chi connectivity index (χ1n) is 6.52. The van der Waals surface area contributed by atoms with Crippen LogP contribution in [0, 0.1) is 5.92 Å². The first kappa shape index (κ1) is 15.9. The van der Waals surface area contributed by atoms with Crippen molar-refractivity contribution < 1.29 is 19.5 Å². The molecule has 1 aliphatic rings. The maximum absolute atomic E-state index is 11.0. The Morgan fingerprint density at radius 2 is 1.70 bits per heavy atom. The number of allylic oxidation sites excluding steroid dienone is 2. The third kappa shape index (κ3) is 5.69. The van der Waals surface area contributed by atoms with Crippen molar-refractivity contribution in [2.24, 2.45) is 5.92 Å². The molecular formula is C14H20N2O4. The lowest BCUT2D eigenvalue weighted by Crippen LogP contribution is -2.39. The molecule has 0 aromatic heterocycles. The highest BCUT2D eigenvalue weighted by atomic mass is 16.4. The number of carboxylic acids is 1. The molecule has 2 amide bonds. The van der Waals surface area contributed by atoms with E-state index in [4.69, 9.17) is 5.11 Å². The molecule has 0 saturated heterocycles. The van der Waals surface area contributed by atoms with Gasteiger partial charge in [-0.05, 0) is 18.8 Å². The third-order valence-corrected chi connectivity index (χ3v) is 2.97. The predicted molar refractivity (Wildman–Crippen MR) is 73.8 cm³/mol. The summed E-state index contributed by atoms with van der Waals surface area (Å²) < 4.78 is 0. The van der Waals surface area contributed by atoms with Gasteiger partial charge in [-0.1, -0.05) is 24.3 Å². The zero-order valence-corrected chi connectivity index (χ0v) is 11.6. The van der Waals surface area contributed by atoms with Crippen LogP contribution in [0.25, 0.3) is 0 Å². The van der Waals surface area contributed by atoms with Gasteiger partial charge >= 0.3 is 5.97 Å². The Bertz CT molecular complexity index is 428. The van der Waals surface area contributed by atoms with E-state index in [1.165, 1.54) is 13.8 Å². The first-order chi connectivity index (χ1) is 9.38. The van der Waals surface area contributed by atoms with Gasteiger partial charge in [-0.2, -0.15) is 0 Å². The van der Waals surface area contributed by atoms with Crippen LogP contribution in [0.1, 0.15) is 26.7 Å². The molecule has 1 atom stereocenters. The van der Waals surface area contributed by atoms with Crippen molar-refractivity contribution in [3.05, 3.63) is 24.3 Å². The number of rotatable bonds is 6. The Labute approximate surface area is 117 Å². The smallest absolute Gasteiger partial charge is 0.326 e. The average molecular weight is 280 g/mol. The molecule has 3 N–H and O–H groups in total. The van der Waals surface area contributed by atoms with Crippen molar-refractivity contribution in [1.82, 2.24) is 10.6 Å². The van der Waals surface area contributed by atoms with E-state index in [0.29, 0.717) is 12.8 Å². The Hall–Kier alpha value is -2.11. The van der Waals surface area contributed by atoms with Crippen LogP contribution in [0.15, 0.2) is 24.3 Å². The van der Waals surface area contributed by atoms with E-state index in [2.05, 4.69) is 10.6 Å². The van der Waals surface area contributed by atoms with Crippen molar-refractivity contribution in [2.75, 3.05) is 0 Å². The van der Waals surface area contributed by atoms with E-state index in [-0.39, 0.29) is 23.8 Å². The topological polar surface area (TPSA) is 95.5 Å². The fraction of sp³-hybridized carbons (Fsp3) is 0.500. The van der Waals surface area contributed by atoms with Crippen LogP contribution in [0.4, 0.5) is 0 Å². The monoisotopic (exact) mass is 280 g/mol. The number of carbonyl (C=O) groups excluding carboxylic acids is 2. The van der Waals surface area contributed by atoms with Crippen molar-refractivity contribution in [2.45, 2.75) is 38.8 Å². The zero-order valence-electron chi connectivity index (χ0n) is 11.6. The van der Waals surface area contributed by atoms with E-state index in [1.54, 1.807) is 0 Å². The lowest BCUT2D eigenvalue weighted by Gasteiger charge is -2.19. The minimum Gasteiger partial charge on any atom is -0.480 e. The Morgan fingerprint density at radius 3 is 2.15 bits per heavy atom. The molecule has 0 spiro atoms. The summed E-state index contributed by atoms with van der Waals surface area (Å²) in [4.78, 5) is 32.8. The van der Waals surface area contributed by atoms with Gasteiger partial charge in [-0.25, -0.2) is 4.79 Å². The molecule has 6 nitrogen and oxygen atoms in total. The maximum atomic E-state index is 11.0. The largest absolute Gasteiger partial charge is 0.480 e. The van der Waals surface area contributed by atoms with Gasteiger partial charge in [-0.3, -0.25) is 9.59 Å². The van der Waals surface area contributed by atoms with Gasteiger partial charge in [0, 0.05) is 13.8 Å². The molecule has 0 radical (unpaired) electrons. The van der Waals surface area contributed by atoms with E-state index in [9.17, 15) is 14.4 Å². The molecule has 1 rings (SSSR count). The number of amides is 2. The van der Waals surface area contributed by atoms with Crippen LogP contribution in [-0.4, -0.2) is 35.0 Å². The minimum atomic E-state index is -1.03. The number of hydrogen-bond acceptors (Lipinski definition) is 3. The Morgan fingerprint density at radius 1 is 1.10 bits per heavy atom. The molecule has 0 saturated carbocycles. The second-order valence-electron chi connectivity index (χ2n) is 4.83. The number of carbonyl (C=O) groups is 3. The summed E-state index contributed by atoms with van der Waals surface area (Å²) in [5.74, 6) is -1.35. The van der Waals surface area contributed by atoms with Gasteiger partial charge in [0.15, 0.2) is 0 Å². The van der Waals surface area contributed by atoms with Crippen LogP contribution in [0.3, 0.4) is 0 Å². The molecule has 0 aliphatic heterocycles. The van der Waals surface area contributed by atoms with Crippen LogP contribution < -0.4 is 10.6 Å². The zero-order chi connectivity index (χ0) is 15.1. The van der Waals surface area contributed by atoms with Crippen molar-refractivity contribution in [1.29, 1.82) is 0 Å². The van der Waals surface area contributed by atoms with Crippen LogP contribution in [0.2, 0.25) is 0 Å². The standard InChI is InChI=1S/C14H20N2O4/c1-9(17)15-12-6-3-11(4-7-12)5-8-13(14(19)20)16-10(2)18/h3-4,6-7,11-13H,5,8H2,1-2H3,(H,15,17)(H,16,18)(H,19,20)/t11?,12?,13-/m0/s1. The highest BCUT2D eigenvalue weighted by molar-refractivity contribution is 5.82. The predicted octanol–water partition coefficient (Wildman–Crippen LogP) is 0.603. The fourth-order valence-electron chi connectivity index (χ4n) is 2.04. The van der Waals surface area contributed by atoms with Crippen LogP contribution in [0.5, 0.6) is 0 Å². The molecule has 0 unspecified atom stereocenters. The highest BCUT2D eigenvalue weighted by Crippen LogP contribution is 2.17. The Kier molecular flexibility index (Phi) is 5.96. The van der Waals surface area contributed by atoms with Gasteiger partial charge in [0.25, 0.3) is 0 Å². The molecule has 0 aromatic carbocycles. The van der Waals surface area contributed by atoms with Crippen molar-refractivity contribution >= 4 is 17.8 Å².